The van der Waals surface area contributed by atoms with Gasteiger partial charge in [-0.1, -0.05) is 38.5 Å². The largest absolute Gasteiger partial charge is 0.349 e. The van der Waals surface area contributed by atoms with E-state index in [0.717, 1.165) is 0 Å². The highest BCUT2D eigenvalue weighted by molar-refractivity contribution is 5.95. The zero-order valence-corrected chi connectivity index (χ0v) is 21.7. The lowest BCUT2D eigenvalue weighted by atomic mass is 9.84. The van der Waals surface area contributed by atoms with Gasteiger partial charge in [0.2, 0.25) is 0 Å². The molecule has 2 aliphatic rings. The zero-order chi connectivity index (χ0) is 25.3. The summed E-state index contributed by atoms with van der Waals surface area (Å²) in [6.45, 7) is 4.23. The highest BCUT2D eigenvalue weighted by atomic mass is 16.2. The number of nitrogens with zero attached hydrogens (tertiary/aromatic N) is 2. The fourth-order valence-corrected chi connectivity index (χ4v) is 5.56. The maximum Gasteiger partial charge on any atom is 0.251 e. The average molecular weight is 489 g/mol. The van der Waals surface area contributed by atoms with E-state index in [1.165, 1.54) is 64.2 Å². The summed E-state index contributed by atoms with van der Waals surface area (Å²) in [5.41, 5.74) is 2.62. The maximum atomic E-state index is 12.6. The van der Waals surface area contributed by atoms with Crippen molar-refractivity contribution in [3.8, 4) is 0 Å². The van der Waals surface area contributed by atoms with Gasteiger partial charge in [0.1, 0.15) is 0 Å². The second kappa shape index (κ2) is 12.8. The summed E-state index contributed by atoms with van der Waals surface area (Å²) < 4.78 is 0. The van der Waals surface area contributed by atoms with Gasteiger partial charge < -0.3 is 10.6 Å². The van der Waals surface area contributed by atoms with Gasteiger partial charge in [0.15, 0.2) is 0 Å². The number of carbonyl (C=O) groups excluding carboxylic acids is 2. The molecule has 2 N–H and O–H groups in total. The van der Waals surface area contributed by atoms with E-state index in [1.807, 2.05) is 0 Å². The fourth-order valence-electron chi connectivity index (χ4n) is 5.56. The van der Waals surface area contributed by atoms with Crippen molar-refractivity contribution in [3.05, 3.63) is 59.7 Å². The van der Waals surface area contributed by atoms with Gasteiger partial charge in [0.05, 0.1) is 11.4 Å². The lowest BCUT2D eigenvalue weighted by Crippen LogP contribution is -2.38. The van der Waals surface area contributed by atoms with Gasteiger partial charge in [-0.25, -0.2) is 0 Å². The number of rotatable bonds is 8. The summed E-state index contributed by atoms with van der Waals surface area (Å²) in [6, 6.07) is 14.8. The molecule has 4 rings (SSSR count). The predicted molar refractivity (Wildman–Crippen MR) is 144 cm³/mol. The quantitative estimate of drug-likeness (QED) is 0.377. The molecule has 0 bridgehead atoms. The summed E-state index contributed by atoms with van der Waals surface area (Å²) in [6.07, 6.45) is 12.5. The van der Waals surface area contributed by atoms with Crippen LogP contribution in [0.5, 0.6) is 0 Å². The molecule has 0 spiro atoms. The molecule has 192 valence electrons. The number of amides is 2. The minimum atomic E-state index is -0.0387. The first-order valence-corrected chi connectivity index (χ1v) is 13.7. The molecule has 0 aromatic heterocycles. The van der Waals surface area contributed by atoms with Crippen LogP contribution in [0.3, 0.4) is 0 Å². The minimum absolute atomic E-state index is 0.0387. The van der Waals surface area contributed by atoms with Crippen LogP contribution >= 0.6 is 0 Å². The number of carbonyl (C=O) groups is 2. The van der Waals surface area contributed by atoms with Crippen LogP contribution in [0.25, 0.3) is 0 Å². The van der Waals surface area contributed by atoms with E-state index < -0.39 is 0 Å². The number of nitrogens with one attached hydrogen (secondary N) is 2. The van der Waals surface area contributed by atoms with Crippen LogP contribution in [0.1, 0.15) is 98.8 Å². The topological polar surface area (TPSA) is 82.9 Å². The molecular weight excluding hydrogens is 448 g/mol. The van der Waals surface area contributed by atoms with Crippen molar-refractivity contribution in [1.82, 2.24) is 10.6 Å². The van der Waals surface area contributed by atoms with Gasteiger partial charge in [-0.3, -0.25) is 9.59 Å². The Balaban J connectivity index is 1.27. The van der Waals surface area contributed by atoms with Crippen molar-refractivity contribution in [3.63, 3.8) is 0 Å². The number of azo groups is 1. The molecule has 0 aliphatic heterocycles. The van der Waals surface area contributed by atoms with E-state index in [9.17, 15) is 9.59 Å². The summed E-state index contributed by atoms with van der Waals surface area (Å²) in [5, 5.41) is 14.9. The summed E-state index contributed by atoms with van der Waals surface area (Å²) in [7, 11) is 0. The lowest BCUT2D eigenvalue weighted by Gasteiger charge is -2.28. The second-order valence-electron chi connectivity index (χ2n) is 10.6. The molecule has 2 fully saturated rings. The van der Waals surface area contributed by atoms with E-state index in [4.69, 9.17) is 0 Å². The standard InChI is InChI=1S/C30H40N4O2/c1-21(23-9-5-3-6-10-23)31-29(35)25-13-17-27(18-14-25)33-34-28-19-15-26(16-20-28)30(36)32-22(2)24-11-7-4-8-12-24/h13-24H,3-12H2,1-2H3,(H,31,35)(H,32,36)/t21-,22-/m1/s1. The Kier molecular flexibility index (Phi) is 9.26. The molecule has 2 atom stereocenters. The SMILES string of the molecule is C[C@@H](NC(=O)c1ccc(N=Nc2ccc(C(=O)N[C@H](C)C3CCCCC3)cc2)cc1)C1CCCCC1. The Morgan fingerprint density at radius 1 is 0.611 bits per heavy atom. The third-order valence-corrected chi connectivity index (χ3v) is 7.97. The van der Waals surface area contributed by atoms with E-state index in [0.29, 0.717) is 34.3 Å². The molecule has 2 aliphatic carbocycles. The van der Waals surface area contributed by atoms with Crippen molar-refractivity contribution in [1.29, 1.82) is 0 Å². The van der Waals surface area contributed by atoms with Crippen LogP contribution in [0.4, 0.5) is 11.4 Å². The Morgan fingerprint density at radius 2 is 0.944 bits per heavy atom. The third kappa shape index (κ3) is 7.25. The molecule has 0 heterocycles. The van der Waals surface area contributed by atoms with Gasteiger partial charge in [-0.2, -0.15) is 10.2 Å². The Labute approximate surface area is 215 Å². The fraction of sp³-hybridized carbons (Fsp3) is 0.533. The van der Waals surface area contributed by atoms with Crippen molar-refractivity contribution < 1.29 is 9.59 Å². The third-order valence-electron chi connectivity index (χ3n) is 7.97. The summed E-state index contributed by atoms with van der Waals surface area (Å²) >= 11 is 0. The van der Waals surface area contributed by atoms with Gasteiger partial charge in [0.25, 0.3) is 11.8 Å². The molecule has 0 saturated heterocycles. The van der Waals surface area contributed by atoms with E-state index >= 15 is 0 Å². The molecule has 2 aromatic carbocycles. The first-order chi connectivity index (χ1) is 17.5. The second-order valence-corrected chi connectivity index (χ2v) is 10.6. The molecule has 2 saturated carbocycles. The van der Waals surface area contributed by atoms with Crippen LogP contribution in [0.15, 0.2) is 58.8 Å². The van der Waals surface area contributed by atoms with Gasteiger partial charge >= 0.3 is 0 Å². The number of hydrogen-bond acceptors (Lipinski definition) is 4. The smallest absolute Gasteiger partial charge is 0.251 e. The van der Waals surface area contributed by atoms with Gasteiger partial charge in [-0.05, 0) is 99.9 Å². The normalized spacial score (nSPS) is 19.1. The van der Waals surface area contributed by atoms with E-state index in [-0.39, 0.29) is 23.9 Å². The minimum Gasteiger partial charge on any atom is -0.349 e. The molecule has 0 radical (unpaired) electrons. The Morgan fingerprint density at radius 3 is 1.28 bits per heavy atom. The van der Waals surface area contributed by atoms with Gasteiger partial charge in [0, 0.05) is 23.2 Å². The van der Waals surface area contributed by atoms with Gasteiger partial charge in [-0.15, -0.1) is 0 Å². The van der Waals surface area contributed by atoms with Crippen molar-refractivity contribution in [2.45, 2.75) is 90.1 Å². The van der Waals surface area contributed by atoms with Crippen molar-refractivity contribution in [2.75, 3.05) is 0 Å². The first-order valence-electron chi connectivity index (χ1n) is 13.7. The molecule has 2 aromatic rings. The summed E-state index contributed by atoms with van der Waals surface area (Å²) in [4.78, 5) is 25.3. The number of hydrogen-bond donors (Lipinski definition) is 2. The molecular formula is C30H40N4O2. The molecule has 36 heavy (non-hydrogen) atoms. The molecule has 0 unspecified atom stereocenters. The Hall–Kier alpha value is -3.02. The van der Waals surface area contributed by atoms with E-state index in [1.54, 1.807) is 48.5 Å². The van der Waals surface area contributed by atoms with Crippen molar-refractivity contribution in [2.24, 2.45) is 22.1 Å². The predicted octanol–water partition coefficient (Wildman–Crippen LogP) is 7.50. The Bertz CT molecular complexity index is 936. The van der Waals surface area contributed by atoms with Crippen LogP contribution in [-0.2, 0) is 0 Å². The highest BCUT2D eigenvalue weighted by Gasteiger charge is 2.23. The van der Waals surface area contributed by atoms with E-state index in [2.05, 4.69) is 34.7 Å². The van der Waals surface area contributed by atoms with Crippen LogP contribution < -0.4 is 10.6 Å². The zero-order valence-electron chi connectivity index (χ0n) is 21.7. The monoisotopic (exact) mass is 488 g/mol. The highest BCUT2D eigenvalue weighted by Crippen LogP contribution is 2.28. The lowest BCUT2D eigenvalue weighted by molar-refractivity contribution is 0.0911. The molecule has 2 amide bonds. The number of benzene rings is 2. The van der Waals surface area contributed by atoms with Crippen LogP contribution in [0.2, 0.25) is 0 Å². The summed E-state index contributed by atoms with van der Waals surface area (Å²) in [5.74, 6) is 1.08. The first kappa shape index (κ1) is 26.1. The van der Waals surface area contributed by atoms with Crippen LogP contribution in [-0.4, -0.2) is 23.9 Å². The average Bonchev–Trinajstić information content (AvgIpc) is 2.93. The molecule has 6 nitrogen and oxygen atoms in total. The van der Waals surface area contributed by atoms with Crippen LogP contribution in [0, 0.1) is 11.8 Å². The van der Waals surface area contributed by atoms with Crippen molar-refractivity contribution >= 4 is 23.2 Å². The molecule has 6 heteroatoms. The maximum absolute atomic E-state index is 12.6.